The average molecular weight is 361 g/mol. The van der Waals surface area contributed by atoms with E-state index in [-0.39, 0.29) is 24.9 Å². The monoisotopic (exact) mass is 360 g/mol. The van der Waals surface area contributed by atoms with Crippen LogP contribution < -0.4 is 14.4 Å². The Morgan fingerprint density at radius 2 is 2.22 bits per heavy atom. The molecule has 0 radical (unpaired) electrons. The molecule has 1 heterocycles. The van der Waals surface area contributed by atoms with Crippen LogP contribution in [0.15, 0.2) is 18.2 Å². The van der Waals surface area contributed by atoms with E-state index < -0.39 is 16.1 Å². The number of amides is 1. The van der Waals surface area contributed by atoms with Crippen LogP contribution in [0.25, 0.3) is 0 Å². The van der Waals surface area contributed by atoms with Crippen molar-refractivity contribution in [3.05, 3.63) is 23.2 Å². The van der Waals surface area contributed by atoms with Crippen molar-refractivity contribution in [3.8, 4) is 5.75 Å². The number of benzene rings is 1. The highest BCUT2D eigenvalue weighted by atomic mass is 35.5. The summed E-state index contributed by atoms with van der Waals surface area (Å²) in [6, 6.07) is 4.76. The highest BCUT2D eigenvalue weighted by Crippen LogP contribution is 2.36. The molecule has 0 unspecified atom stereocenters. The van der Waals surface area contributed by atoms with Crippen molar-refractivity contribution in [1.82, 2.24) is 5.32 Å². The summed E-state index contributed by atoms with van der Waals surface area (Å²) in [5, 5.41) is 3.27. The Balaban J connectivity index is 2.33. The first kappa shape index (κ1) is 17.9. The van der Waals surface area contributed by atoms with E-state index in [1.54, 1.807) is 12.1 Å². The topological polar surface area (TPSA) is 75.7 Å². The van der Waals surface area contributed by atoms with Gasteiger partial charge in [0.25, 0.3) is 5.91 Å². The lowest BCUT2D eigenvalue weighted by atomic mass is 10.2. The summed E-state index contributed by atoms with van der Waals surface area (Å²) in [4.78, 5) is 12.3. The van der Waals surface area contributed by atoms with Gasteiger partial charge in [0, 0.05) is 24.0 Å². The first-order valence-electron chi connectivity index (χ1n) is 7.46. The minimum Gasteiger partial charge on any atom is -0.478 e. The molecule has 0 bridgehead atoms. The number of nitrogens with one attached hydrogen (secondary N) is 1. The van der Waals surface area contributed by atoms with Gasteiger partial charge in [0.05, 0.1) is 11.9 Å². The van der Waals surface area contributed by atoms with Crippen molar-refractivity contribution >= 4 is 33.2 Å². The number of fused-ring (bicyclic) bond motifs is 1. The third-order valence-corrected chi connectivity index (χ3v) is 5.16. The van der Waals surface area contributed by atoms with Gasteiger partial charge >= 0.3 is 0 Å². The molecule has 6 nitrogen and oxygen atoms in total. The first-order chi connectivity index (χ1) is 10.7. The molecule has 8 heteroatoms. The summed E-state index contributed by atoms with van der Waals surface area (Å²) in [5.41, 5.74) is 0.360. The number of ether oxygens (including phenoxy) is 1. The third-order valence-electron chi connectivity index (χ3n) is 3.75. The van der Waals surface area contributed by atoms with Gasteiger partial charge in [-0.1, -0.05) is 18.5 Å². The Labute approximate surface area is 141 Å². The van der Waals surface area contributed by atoms with Crippen LogP contribution in [0.5, 0.6) is 5.75 Å². The fraction of sp³-hybridized carbons (Fsp3) is 0.533. The smallest absolute Gasteiger partial charge is 0.261 e. The Bertz CT molecular complexity index is 693. The number of carbonyl (C=O) groups is 1. The lowest BCUT2D eigenvalue weighted by Crippen LogP contribution is -2.43. The second kappa shape index (κ2) is 6.97. The Morgan fingerprint density at radius 1 is 1.52 bits per heavy atom. The Morgan fingerprint density at radius 3 is 2.83 bits per heavy atom. The largest absolute Gasteiger partial charge is 0.478 e. The Hall–Kier alpha value is -1.47. The van der Waals surface area contributed by atoms with Crippen LogP contribution in [0.4, 0.5) is 5.69 Å². The van der Waals surface area contributed by atoms with Crippen LogP contribution in [0.1, 0.15) is 26.7 Å². The molecule has 2 rings (SSSR count). The van der Waals surface area contributed by atoms with Crippen molar-refractivity contribution in [1.29, 1.82) is 0 Å². The standard InChI is InChI=1S/C15H21ClN2O4S/c1-4-10(2)17-15(19)14-7-8-18(23(3,20)21)12-9-11(16)5-6-13(12)22-14/h5-6,9-10,14H,4,7-8H2,1-3H3,(H,17,19)/t10-,14-/m0/s1. The predicted octanol–water partition coefficient (Wildman–Crippen LogP) is 2.17. The van der Waals surface area contributed by atoms with Gasteiger partial charge in [-0.3, -0.25) is 9.10 Å². The second-order valence-electron chi connectivity index (χ2n) is 5.66. The minimum absolute atomic E-state index is 0.0325. The molecule has 1 N–H and O–H groups in total. The summed E-state index contributed by atoms with van der Waals surface area (Å²) in [5.74, 6) is 0.0947. The van der Waals surface area contributed by atoms with E-state index in [0.29, 0.717) is 16.5 Å². The lowest BCUT2D eigenvalue weighted by Gasteiger charge is -2.21. The lowest BCUT2D eigenvalue weighted by molar-refractivity contribution is -0.128. The van der Waals surface area contributed by atoms with Gasteiger partial charge in [0.15, 0.2) is 6.10 Å². The van der Waals surface area contributed by atoms with Crippen LogP contribution in [-0.2, 0) is 14.8 Å². The molecule has 0 spiro atoms. The molecule has 1 aliphatic rings. The fourth-order valence-corrected chi connectivity index (χ4v) is 3.42. The SMILES string of the molecule is CC[C@H](C)NC(=O)[C@@H]1CCN(S(C)(=O)=O)c2cc(Cl)ccc2O1. The van der Waals surface area contributed by atoms with Gasteiger partial charge in [0.1, 0.15) is 5.75 Å². The normalized spacial score (nSPS) is 19.3. The van der Waals surface area contributed by atoms with E-state index >= 15 is 0 Å². The molecule has 0 saturated heterocycles. The zero-order valence-corrected chi connectivity index (χ0v) is 14.9. The molecule has 23 heavy (non-hydrogen) atoms. The summed E-state index contributed by atoms with van der Waals surface area (Å²) in [7, 11) is -3.49. The van der Waals surface area contributed by atoms with E-state index in [2.05, 4.69) is 5.32 Å². The number of anilines is 1. The molecule has 1 aliphatic heterocycles. The molecular weight excluding hydrogens is 340 g/mol. The molecule has 128 valence electrons. The van der Waals surface area contributed by atoms with E-state index in [0.717, 1.165) is 12.7 Å². The van der Waals surface area contributed by atoms with E-state index in [1.165, 1.54) is 10.4 Å². The molecule has 0 saturated carbocycles. The molecule has 1 aromatic carbocycles. The van der Waals surface area contributed by atoms with Gasteiger partial charge in [-0.2, -0.15) is 0 Å². The van der Waals surface area contributed by atoms with Crippen molar-refractivity contribution in [2.45, 2.75) is 38.8 Å². The van der Waals surface area contributed by atoms with Crippen LogP contribution >= 0.6 is 11.6 Å². The number of nitrogens with zero attached hydrogens (tertiary/aromatic N) is 1. The fourth-order valence-electron chi connectivity index (χ4n) is 2.32. The van der Waals surface area contributed by atoms with E-state index in [9.17, 15) is 13.2 Å². The number of halogens is 1. The highest BCUT2D eigenvalue weighted by Gasteiger charge is 2.31. The van der Waals surface area contributed by atoms with Crippen molar-refractivity contribution in [2.24, 2.45) is 0 Å². The zero-order valence-electron chi connectivity index (χ0n) is 13.4. The van der Waals surface area contributed by atoms with Gasteiger partial charge < -0.3 is 10.1 Å². The molecule has 0 aromatic heterocycles. The van der Waals surface area contributed by atoms with Crippen LogP contribution in [0.3, 0.4) is 0 Å². The van der Waals surface area contributed by atoms with Crippen LogP contribution in [0, 0.1) is 0 Å². The summed E-state index contributed by atoms with van der Waals surface area (Å²) in [6.07, 6.45) is 1.45. The number of carbonyl (C=O) groups excluding carboxylic acids is 1. The second-order valence-corrected chi connectivity index (χ2v) is 8.00. The molecule has 1 aromatic rings. The Kier molecular flexibility index (Phi) is 5.41. The number of hydrogen-bond acceptors (Lipinski definition) is 4. The maximum absolute atomic E-state index is 12.3. The summed E-state index contributed by atoms with van der Waals surface area (Å²) in [6.45, 7) is 4.04. The maximum Gasteiger partial charge on any atom is 0.261 e. The predicted molar refractivity (Wildman–Crippen MR) is 90.6 cm³/mol. The molecular formula is C15H21ClN2O4S. The van der Waals surface area contributed by atoms with Gasteiger partial charge in [-0.25, -0.2) is 8.42 Å². The molecule has 0 aliphatic carbocycles. The van der Waals surface area contributed by atoms with Crippen LogP contribution in [-0.4, -0.2) is 39.3 Å². The van der Waals surface area contributed by atoms with E-state index in [1.807, 2.05) is 13.8 Å². The van der Waals surface area contributed by atoms with Crippen molar-refractivity contribution < 1.29 is 17.9 Å². The first-order valence-corrected chi connectivity index (χ1v) is 9.69. The van der Waals surface area contributed by atoms with Crippen molar-refractivity contribution in [2.75, 3.05) is 17.1 Å². The number of hydrogen-bond donors (Lipinski definition) is 1. The summed E-state index contributed by atoms with van der Waals surface area (Å²) >= 11 is 5.98. The maximum atomic E-state index is 12.3. The number of sulfonamides is 1. The molecule has 1 amide bonds. The summed E-state index contributed by atoms with van der Waals surface area (Å²) < 4.78 is 31.1. The number of rotatable bonds is 4. The average Bonchev–Trinajstić information content (AvgIpc) is 2.65. The minimum atomic E-state index is -3.49. The quantitative estimate of drug-likeness (QED) is 0.892. The van der Waals surface area contributed by atoms with Crippen LogP contribution in [0.2, 0.25) is 5.02 Å². The van der Waals surface area contributed by atoms with Gasteiger partial charge in [-0.15, -0.1) is 0 Å². The highest BCUT2D eigenvalue weighted by molar-refractivity contribution is 7.92. The third kappa shape index (κ3) is 4.29. The molecule has 2 atom stereocenters. The zero-order chi connectivity index (χ0) is 17.2. The van der Waals surface area contributed by atoms with Gasteiger partial charge in [0.2, 0.25) is 10.0 Å². The van der Waals surface area contributed by atoms with Crippen molar-refractivity contribution in [3.63, 3.8) is 0 Å². The van der Waals surface area contributed by atoms with E-state index in [4.69, 9.17) is 16.3 Å². The molecule has 0 fully saturated rings. The van der Waals surface area contributed by atoms with Gasteiger partial charge in [-0.05, 0) is 31.5 Å².